The fourth-order valence-electron chi connectivity index (χ4n) is 2.31. The van der Waals surface area contributed by atoms with Gasteiger partial charge in [-0.15, -0.1) is 0 Å². The Kier molecular flexibility index (Phi) is 3.88. The summed E-state index contributed by atoms with van der Waals surface area (Å²) in [4.78, 5) is 18.4. The second-order valence-corrected chi connectivity index (χ2v) is 5.88. The Bertz CT molecular complexity index is 662. The van der Waals surface area contributed by atoms with E-state index in [4.69, 9.17) is 5.26 Å². The summed E-state index contributed by atoms with van der Waals surface area (Å²) in [6, 6.07) is 9.18. The highest BCUT2D eigenvalue weighted by Gasteiger charge is 2.31. The lowest BCUT2D eigenvalue weighted by Crippen LogP contribution is -2.43. The van der Waals surface area contributed by atoms with Crippen molar-refractivity contribution in [1.29, 1.82) is 5.26 Å². The summed E-state index contributed by atoms with van der Waals surface area (Å²) in [5.41, 5.74) is 1.43. The van der Waals surface area contributed by atoms with E-state index in [1.807, 2.05) is 12.1 Å². The first-order valence-corrected chi connectivity index (χ1v) is 7.49. The van der Waals surface area contributed by atoms with E-state index in [1.165, 1.54) is 18.1 Å². The lowest BCUT2D eigenvalue weighted by atomic mass is 10.1. The molecule has 1 atom stereocenters. The molecule has 0 radical (unpaired) electrons. The van der Waals surface area contributed by atoms with E-state index in [0.29, 0.717) is 17.3 Å². The number of nitriles is 1. The first-order chi connectivity index (χ1) is 10.3. The molecule has 21 heavy (non-hydrogen) atoms. The van der Waals surface area contributed by atoms with E-state index >= 15 is 0 Å². The molecule has 1 saturated heterocycles. The molecule has 7 heteroatoms. The minimum absolute atomic E-state index is 0.0763. The third-order valence-electron chi connectivity index (χ3n) is 3.34. The monoisotopic (exact) mass is 299 g/mol. The number of H-pyrrole nitrogens is 1. The van der Waals surface area contributed by atoms with E-state index in [1.54, 1.807) is 17.0 Å². The number of rotatable bonds is 3. The number of thioether (sulfide) groups is 1. The second kappa shape index (κ2) is 5.97. The van der Waals surface area contributed by atoms with Gasteiger partial charge in [0.15, 0.2) is 5.16 Å². The average molecular weight is 299 g/mol. The smallest absolute Gasteiger partial charge is 0.240 e. The zero-order valence-corrected chi connectivity index (χ0v) is 12.0. The number of benzene rings is 1. The van der Waals surface area contributed by atoms with Crippen molar-refractivity contribution < 1.29 is 4.79 Å². The molecule has 106 valence electrons. The lowest BCUT2D eigenvalue weighted by molar-refractivity contribution is -0.119. The molecule has 3 rings (SSSR count). The molecule has 1 aliphatic rings. The number of aromatic amines is 1. The van der Waals surface area contributed by atoms with Crippen LogP contribution in [0.2, 0.25) is 0 Å². The molecule has 2 aromatic rings. The van der Waals surface area contributed by atoms with E-state index in [9.17, 15) is 4.79 Å². The van der Waals surface area contributed by atoms with Gasteiger partial charge in [-0.3, -0.25) is 9.89 Å². The summed E-state index contributed by atoms with van der Waals surface area (Å²) >= 11 is 1.41. The number of hydrogen-bond acceptors (Lipinski definition) is 5. The Morgan fingerprint density at radius 2 is 2.19 bits per heavy atom. The minimum atomic E-state index is -0.151. The topological polar surface area (TPSA) is 85.7 Å². The van der Waals surface area contributed by atoms with Crippen LogP contribution in [0.3, 0.4) is 0 Å². The van der Waals surface area contributed by atoms with Crippen LogP contribution in [0.4, 0.5) is 5.69 Å². The number of carbonyl (C=O) groups excluding carboxylic acids is 1. The summed E-state index contributed by atoms with van der Waals surface area (Å²) in [5.74, 6) is 0.0763. The third-order valence-corrected chi connectivity index (χ3v) is 4.49. The molecule has 0 aliphatic carbocycles. The van der Waals surface area contributed by atoms with Gasteiger partial charge in [-0.2, -0.15) is 10.4 Å². The molecule has 1 aromatic heterocycles. The molecule has 0 unspecified atom stereocenters. The number of nitrogens with zero attached hydrogens (tertiary/aromatic N) is 4. The number of nitrogens with one attached hydrogen (secondary N) is 1. The third kappa shape index (κ3) is 2.90. The van der Waals surface area contributed by atoms with Crippen molar-refractivity contribution in [3.8, 4) is 6.07 Å². The maximum Gasteiger partial charge on any atom is 0.240 e. The maximum atomic E-state index is 12.6. The van der Waals surface area contributed by atoms with Crippen molar-refractivity contribution in [3.05, 3.63) is 36.2 Å². The van der Waals surface area contributed by atoms with Gasteiger partial charge in [0.05, 0.1) is 16.9 Å². The second-order valence-electron chi connectivity index (χ2n) is 4.69. The Morgan fingerprint density at radius 1 is 1.38 bits per heavy atom. The average Bonchev–Trinajstić information content (AvgIpc) is 3.03. The molecule has 1 aliphatic heterocycles. The van der Waals surface area contributed by atoms with Gasteiger partial charge in [-0.1, -0.05) is 11.8 Å². The molecule has 1 fully saturated rings. The molecule has 0 spiro atoms. The van der Waals surface area contributed by atoms with Gasteiger partial charge in [0, 0.05) is 12.2 Å². The van der Waals surface area contributed by atoms with E-state index < -0.39 is 0 Å². The van der Waals surface area contributed by atoms with Crippen LogP contribution < -0.4 is 4.90 Å². The summed E-state index contributed by atoms with van der Waals surface area (Å²) in [7, 11) is 0. The highest BCUT2D eigenvalue weighted by molar-refractivity contribution is 8.00. The minimum Gasteiger partial charge on any atom is -0.311 e. The van der Waals surface area contributed by atoms with Crippen molar-refractivity contribution in [3.63, 3.8) is 0 Å². The van der Waals surface area contributed by atoms with Crippen molar-refractivity contribution in [2.45, 2.75) is 23.2 Å². The van der Waals surface area contributed by atoms with Crippen LogP contribution in [0, 0.1) is 11.3 Å². The standard InChI is InChI=1S/C14H13N5OS/c15-8-10-3-5-11(6-4-10)19-7-1-2-12(13(19)20)21-14-16-9-17-18-14/h3-6,9,12H,1-2,7H2,(H,16,17,18)/t12-/m1/s1. The van der Waals surface area contributed by atoms with E-state index in [2.05, 4.69) is 21.3 Å². The normalized spacial score (nSPS) is 18.5. The van der Waals surface area contributed by atoms with Crippen molar-refractivity contribution in [2.24, 2.45) is 0 Å². The van der Waals surface area contributed by atoms with Gasteiger partial charge in [0.25, 0.3) is 0 Å². The fraction of sp³-hybridized carbons (Fsp3) is 0.286. The van der Waals surface area contributed by atoms with Crippen molar-refractivity contribution in [2.75, 3.05) is 11.4 Å². The van der Waals surface area contributed by atoms with Crippen molar-refractivity contribution in [1.82, 2.24) is 15.2 Å². The number of hydrogen-bond donors (Lipinski definition) is 1. The first-order valence-electron chi connectivity index (χ1n) is 6.61. The van der Waals surface area contributed by atoms with Crippen molar-refractivity contribution >= 4 is 23.4 Å². The quantitative estimate of drug-likeness (QED) is 0.936. The van der Waals surface area contributed by atoms with Gasteiger partial charge < -0.3 is 4.90 Å². The summed E-state index contributed by atoms with van der Waals surface area (Å²) in [6.07, 6.45) is 3.21. The van der Waals surface area contributed by atoms with Crippen LogP contribution in [-0.2, 0) is 4.79 Å². The first kappa shape index (κ1) is 13.6. The Balaban J connectivity index is 1.76. The summed E-state index contributed by atoms with van der Waals surface area (Å²) in [5, 5.41) is 15.9. The summed E-state index contributed by atoms with van der Waals surface area (Å²) < 4.78 is 0. The molecule has 0 bridgehead atoms. The Hall–Kier alpha value is -2.33. The Labute approximate surface area is 126 Å². The number of anilines is 1. The van der Waals surface area contributed by atoms with Crippen LogP contribution in [0.1, 0.15) is 18.4 Å². The van der Waals surface area contributed by atoms with Crippen LogP contribution in [0.15, 0.2) is 35.7 Å². The summed E-state index contributed by atoms with van der Waals surface area (Å²) in [6.45, 7) is 0.707. The highest BCUT2D eigenvalue weighted by atomic mass is 32.2. The molecule has 2 heterocycles. The van der Waals surface area contributed by atoms with Crippen LogP contribution in [0.25, 0.3) is 0 Å². The number of piperidine rings is 1. The van der Waals surface area contributed by atoms with Crippen LogP contribution >= 0.6 is 11.8 Å². The lowest BCUT2D eigenvalue weighted by Gasteiger charge is -2.31. The van der Waals surface area contributed by atoms with Gasteiger partial charge >= 0.3 is 0 Å². The highest BCUT2D eigenvalue weighted by Crippen LogP contribution is 2.30. The zero-order chi connectivity index (χ0) is 14.7. The number of carbonyl (C=O) groups is 1. The molecular formula is C14H13N5OS. The van der Waals surface area contributed by atoms with Crippen LogP contribution in [-0.4, -0.2) is 32.9 Å². The molecule has 1 aromatic carbocycles. The Morgan fingerprint density at radius 3 is 2.86 bits per heavy atom. The van der Waals surface area contributed by atoms with Gasteiger partial charge in [0.1, 0.15) is 6.33 Å². The molecule has 1 N–H and O–H groups in total. The fourth-order valence-corrected chi connectivity index (χ4v) is 3.31. The van der Waals surface area contributed by atoms with Crippen LogP contribution in [0.5, 0.6) is 0 Å². The van der Waals surface area contributed by atoms with E-state index in [-0.39, 0.29) is 11.2 Å². The predicted molar refractivity (Wildman–Crippen MR) is 78.8 cm³/mol. The SMILES string of the molecule is N#Cc1ccc(N2CCC[C@@H](Sc3ncn[nH]3)C2=O)cc1. The maximum absolute atomic E-state index is 12.6. The molecular weight excluding hydrogens is 286 g/mol. The van der Waals surface area contributed by atoms with E-state index in [0.717, 1.165) is 18.5 Å². The van der Waals surface area contributed by atoms with Gasteiger partial charge in [-0.05, 0) is 37.1 Å². The largest absolute Gasteiger partial charge is 0.311 e. The molecule has 6 nitrogen and oxygen atoms in total. The predicted octanol–water partition coefficient (Wildman–Crippen LogP) is 1.96. The molecule has 1 amide bonds. The number of amides is 1. The number of aromatic nitrogens is 3. The van der Waals surface area contributed by atoms with Gasteiger partial charge in [0.2, 0.25) is 5.91 Å². The zero-order valence-electron chi connectivity index (χ0n) is 11.2. The van der Waals surface area contributed by atoms with Gasteiger partial charge in [-0.25, -0.2) is 4.98 Å². The molecule has 0 saturated carbocycles.